The van der Waals surface area contributed by atoms with E-state index in [2.05, 4.69) is 19.8 Å². The van der Waals surface area contributed by atoms with Gasteiger partial charge in [-0.2, -0.15) is 0 Å². The molecule has 0 unspecified atom stereocenters. The van der Waals surface area contributed by atoms with Crippen LogP contribution in [0.2, 0.25) is 0 Å². The molecule has 0 saturated heterocycles. The molecule has 0 fully saturated rings. The van der Waals surface area contributed by atoms with Crippen LogP contribution in [0.4, 0.5) is 5.69 Å². The molecule has 10 heteroatoms. The highest BCUT2D eigenvalue weighted by molar-refractivity contribution is 7.89. The van der Waals surface area contributed by atoms with Crippen molar-refractivity contribution >= 4 is 27.6 Å². The molecule has 0 atom stereocenters. The maximum Gasteiger partial charge on any atom is 0.337 e. The molecule has 0 saturated carbocycles. The van der Waals surface area contributed by atoms with Gasteiger partial charge in [0.15, 0.2) is 5.76 Å². The summed E-state index contributed by atoms with van der Waals surface area (Å²) in [4.78, 5) is 27.7. The number of benzene rings is 1. The van der Waals surface area contributed by atoms with Crippen LogP contribution >= 0.6 is 0 Å². The van der Waals surface area contributed by atoms with Crippen molar-refractivity contribution in [2.24, 2.45) is 0 Å². The standard InChI is InChI=1S/C19H17N3O6S/c1-27-19(24)13-5-7-14(8-6-13)22-18(23)16-9-10-17(28-16)29(25,26)21-12-15-4-2-3-11-20-15/h2-11,21H,12H2,1H3,(H,22,23). The minimum absolute atomic E-state index is 0.0159. The number of hydrogen-bond donors (Lipinski definition) is 2. The first kappa shape index (κ1) is 20.2. The highest BCUT2D eigenvalue weighted by Crippen LogP contribution is 2.17. The molecule has 3 aromatic rings. The van der Waals surface area contributed by atoms with Gasteiger partial charge in [0.2, 0.25) is 5.09 Å². The molecular formula is C19H17N3O6S. The lowest BCUT2D eigenvalue weighted by molar-refractivity contribution is 0.0600. The van der Waals surface area contributed by atoms with Crippen LogP contribution < -0.4 is 10.0 Å². The molecule has 0 aliphatic rings. The van der Waals surface area contributed by atoms with Crippen molar-refractivity contribution in [3.05, 3.63) is 77.8 Å². The Bertz CT molecular complexity index is 1110. The number of nitrogens with one attached hydrogen (secondary N) is 2. The Morgan fingerprint density at radius 3 is 2.48 bits per heavy atom. The molecule has 1 aromatic carbocycles. The maximum atomic E-state index is 12.3. The number of esters is 1. The van der Waals surface area contributed by atoms with Crippen molar-refractivity contribution in [1.82, 2.24) is 9.71 Å². The fraction of sp³-hybridized carbons (Fsp3) is 0.105. The summed E-state index contributed by atoms with van der Waals surface area (Å²) in [5.74, 6) is -1.32. The van der Waals surface area contributed by atoms with Gasteiger partial charge in [-0.3, -0.25) is 9.78 Å². The third-order valence-corrected chi connectivity index (χ3v) is 5.08. The van der Waals surface area contributed by atoms with Gasteiger partial charge in [0.05, 0.1) is 24.9 Å². The van der Waals surface area contributed by atoms with E-state index < -0.39 is 21.9 Å². The summed E-state index contributed by atoms with van der Waals surface area (Å²) in [6.07, 6.45) is 1.55. The molecule has 150 valence electrons. The second kappa shape index (κ2) is 8.67. The van der Waals surface area contributed by atoms with E-state index in [9.17, 15) is 18.0 Å². The van der Waals surface area contributed by atoms with Crippen molar-refractivity contribution in [2.75, 3.05) is 12.4 Å². The van der Waals surface area contributed by atoms with Crippen LogP contribution in [-0.4, -0.2) is 32.4 Å². The van der Waals surface area contributed by atoms with Gasteiger partial charge in [0.1, 0.15) is 0 Å². The van der Waals surface area contributed by atoms with Gasteiger partial charge in [0.25, 0.3) is 15.9 Å². The fourth-order valence-electron chi connectivity index (χ4n) is 2.33. The minimum Gasteiger partial charge on any atom is -0.465 e. The van der Waals surface area contributed by atoms with Crippen LogP contribution in [0.1, 0.15) is 26.6 Å². The quantitative estimate of drug-likeness (QED) is 0.566. The van der Waals surface area contributed by atoms with E-state index in [0.29, 0.717) is 16.9 Å². The zero-order valence-corrected chi connectivity index (χ0v) is 16.1. The molecule has 9 nitrogen and oxygen atoms in total. The van der Waals surface area contributed by atoms with Crippen LogP contribution in [0.5, 0.6) is 0 Å². The zero-order valence-electron chi connectivity index (χ0n) is 15.3. The number of anilines is 1. The van der Waals surface area contributed by atoms with Crippen LogP contribution in [0.15, 0.2) is 70.3 Å². The molecule has 0 aliphatic carbocycles. The topological polar surface area (TPSA) is 128 Å². The largest absolute Gasteiger partial charge is 0.465 e. The molecular weight excluding hydrogens is 398 g/mol. The number of methoxy groups -OCH3 is 1. The first-order chi connectivity index (χ1) is 13.9. The van der Waals surface area contributed by atoms with E-state index in [4.69, 9.17) is 4.42 Å². The van der Waals surface area contributed by atoms with Gasteiger partial charge in [0, 0.05) is 11.9 Å². The average molecular weight is 415 g/mol. The number of rotatable bonds is 7. The first-order valence-corrected chi connectivity index (χ1v) is 9.86. The molecule has 0 aliphatic heterocycles. The maximum absolute atomic E-state index is 12.3. The Kier molecular flexibility index (Phi) is 6.05. The number of ether oxygens (including phenoxy) is 1. The zero-order chi connectivity index (χ0) is 20.9. The number of amides is 1. The molecule has 29 heavy (non-hydrogen) atoms. The molecule has 1 amide bonds. The summed E-state index contributed by atoms with van der Waals surface area (Å²) in [7, 11) is -2.68. The molecule has 0 radical (unpaired) electrons. The van der Waals surface area contributed by atoms with Crippen LogP contribution in [0.3, 0.4) is 0 Å². The lowest BCUT2D eigenvalue weighted by Crippen LogP contribution is -2.23. The van der Waals surface area contributed by atoms with Crippen LogP contribution in [-0.2, 0) is 21.3 Å². The average Bonchev–Trinajstić information content (AvgIpc) is 3.25. The Labute approximate surface area is 166 Å². The SMILES string of the molecule is COC(=O)c1ccc(NC(=O)c2ccc(S(=O)(=O)NCc3ccccn3)o2)cc1. The second-order valence-corrected chi connectivity index (χ2v) is 7.49. The summed E-state index contributed by atoms with van der Waals surface area (Å²) in [5, 5.41) is 2.17. The van der Waals surface area contributed by atoms with Gasteiger partial charge in [-0.25, -0.2) is 17.9 Å². The number of nitrogens with zero attached hydrogens (tertiary/aromatic N) is 1. The number of carbonyl (C=O) groups is 2. The van der Waals surface area contributed by atoms with Crippen molar-refractivity contribution in [1.29, 1.82) is 0 Å². The van der Waals surface area contributed by atoms with E-state index >= 15 is 0 Å². The lowest BCUT2D eigenvalue weighted by Gasteiger charge is -2.05. The number of furan rings is 1. The smallest absolute Gasteiger partial charge is 0.337 e. The third-order valence-electron chi connectivity index (χ3n) is 3.80. The summed E-state index contributed by atoms with van der Waals surface area (Å²) in [5.41, 5.74) is 1.27. The van der Waals surface area contributed by atoms with E-state index in [0.717, 1.165) is 0 Å². The number of aromatic nitrogens is 1. The monoisotopic (exact) mass is 415 g/mol. The second-order valence-electron chi connectivity index (χ2n) is 5.79. The number of sulfonamides is 1. The molecule has 3 rings (SSSR count). The minimum atomic E-state index is -3.95. The highest BCUT2D eigenvalue weighted by atomic mass is 32.2. The summed E-state index contributed by atoms with van der Waals surface area (Å²) in [6.45, 7) is -0.0159. The van der Waals surface area contributed by atoms with Gasteiger partial charge < -0.3 is 14.5 Å². The summed E-state index contributed by atoms with van der Waals surface area (Å²) in [6, 6.07) is 13.6. The fourth-order valence-corrected chi connectivity index (χ4v) is 3.26. The van der Waals surface area contributed by atoms with Gasteiger partial charge in [-0.15, -0.1) is 0 Å². The highest BCUT2D eigenvalue weighted by Gasteiger charge is 2.21. The van der Waals surface area contributed by atoms with E-state index in [1.807, 2.05) is 0 Å². The normalized spacial score (nSPS) is 11.1. The molecule has 0 spiro atoms. The summed E-state index contributed by atoms with van der Waals surface area (Å²) >= 11 is 0. The predicted octanol–water partition coefficient (Wildman–Crippen LogP) is 2.19. The number of pyridine rings is 1. The van der Waals surface area contributed by atoms with E-state index in [1.165, 1.54) is 43.5 Å². The van der Waals surface area contributed by atoms with Gasteiger partial charge in [-0.1, -0.05) is 6.07 Å². The van der Waals surface area contributed by atoms with Gasteiger partial charge in [-0.05, 0) is 48.5 Å². The van der Waals surface area contributed by atoms with Crippen molar-refractivity contribution < 1.29 is 27.2 Å². The van der Waals surface area contributed by atoms with E-state index in [-0.39, 0.29) is 17.4 Å². The Balaban J connectivity index is 1.65. The number of carbonyl (C=O) groups excluding carboxylic acids is 2. The van der Waals surface area contributed by atoms with Crippen molar-refractivity contribution in [3.8, 4) is 0 Å². The van der Waals surface area contributed by atoms with Crippen LogP contribution in [0, 0.1) is 0 Å². The molecule has 2 aromatic heterocycles. The Morgan fingerprint density at radius 1 is 1.07 bits per heavy atom. The van der Waals surface area contributed by atoms with Crippen molar-refractivity contribution in [3.63, 3.8) is 0 Å². The van der Waals surface area contributed by atoms with Crippen LogP contribution in [0.25, 0.3) is 0 Å². The molecule has 2 heterocycles. The Hall–Kier alpha value is -3.50. The first-order valence-electron chi connectivity index (χ1n) is 8.38. The molecule has 0 bridgehead atoms. The van der Waals surface area contributed by atoms with Gasteiger partial charge >= 0.3 is 5.97 Å². The molecule has 2 N–H and O–H groups in total. The summed E-state index contributed by atoms with van der Waals surface area (Å²) < 4.78 is 36.8. The number of hydrogen-bond acceptors (Lipinski definition) is 7. The van der Waals surface area contributed by atoms with Crippen molar-refractivity contribution in [2.45, 2.75) is 11.6 Å². The third kappa shape index (κ3) is 5.06. The lowest BCUT2D eigenvalue weighted by atomic mass is 10.2. The predicted molar refractivity (Wildman–Crippen MR) is 103 cm³/mol. The Morgan fingerprint density at radius 2 is 1.83 bits per heavy atom. The van der Waals surface area contributed by atoms with E-state index in [1.54, 1.807) is 24.4 Å².